The topological polar surface area (TPSA) is 85.7 Å². The highest BCUT2D eigenvalue weighted by molar-refractivity contribution is 6.31. The molecule has 0 saturated carbocycles. The lowest BCUT2D eigenvalue weighted by Crippen LogP contribution is -2.61. The number of nitrogens with one attached hydrogen (secondary N) is 1. The highest BCUT2D eigenvalue weighted by Gasteiger charge is 2.71. The summed E-state index contributed by atoms with van der Waals surface area (Å²) in [5.74, 6) is -7.95. The standard InChI is InChI=1S/C30H31Cl2F5N4O3/c1-28(2,3)15-22-29(16-38,19-11-10-17(31)14-21(19)33)23(18-8-7-9-20(32)24(18)34)25(41(22)30(35,36)27(43)44-37)26(42)39-40-12-5-4-6-13-40/h7-11,14,22-23,25H,4-6,12-13,15H2,1-3H3,(H,39,42)/t22-,23-,25+,29-/m0/s1. The van der Waals surface area contributed by atoms with E-state index in [2.05, 4.69) is 10.4 Å². The lowest BCUT2D eigenvalue weighted by atomic mass is 9.62. The van der Waals surface area contributed by atoms with Gasteiger partial charge in [-0.15, -0.1) is 0 Å². The first-order chi connectivity index (χ1) is 20.6. The number of rotatable bonds is 7. The SMILES string of the molecule is CC(C)(C)C[C@@H]1N(C(F)(F)C(=O)OF)[C@@H](C(=O)NN2CCCCC2)[C@H](c2cccc(Cl)c2F)[C@@]1(C#N)c1ccc(Cl)cc1F. The van der Waals surface area contributed by atoms with Crippen molar-refractivity contribution in [1.29, 1.82) is 5.26 Å². The molecule has 2 aromatic rings. The summed E-state index contributed by atoms with van der Waals surface area (Å²) in [5.41, 5.74) is -1.78. The molecule has 238 valence electrons. The van der Waals surface area contributed by atoms with Gasteiger partial charge >= 0.3 is 12.0 Å². The Morgan fingerprint density at radius 3 is 2.34 bits per heavy atom. The third kappa shape index (κ3) is 6.12. The molecule has 2 aromatic carbocycles. The van der Waals surface area contributed by atoms with Crippen LogP contribution >= 0.6 is 23.2 Å². The molecule has 1 N–H and O–H groups in total. The summed E-state index contributed by atoms with van der Waals surface area (Å²) in [5, 5.41) is 12.0. The Morgan fingerprint density at radius 2 is 1.77 bits per heavy atom. The molecule has 2 saturated heterocycles. The molecule has 14 heteroatoms. The Hall–Kier alpha value is -2.98. The zero-order chi connectivity index (χ0) is 32.6. The van der Waals surface area contributed by atoms with Crippen LogP contribution in [-0.4, -0.2) is 53.0 Å². The molecule has 0 aromatic heterocycles. The van der Waals surface area contributed by atoms with Crippen LogP contribution in [0, 0.1) is 28.4 Å². The van der Waals surface area contributed by atoms with Gasteiger partial charge in [0.05, 0.1) is 11.1 Å². The van der Waals surface area contributed by atoms with Gasteiger partial charge in [-0.05, 0) is 48.4 Å². The van der Waals surface area contributed by atoms with Crippen LogP contribution in [0.25, 0.3) is 0 Å². The third-order valence-corrected chi connectivity index (χ3v) is 8.71. The van der Waals surface area contributed by atoms with Crippen LogP contribution in [0.5, 0.6) is 0 Å². The van der Waals surface area contributed by atoms with E-state index in [9.17, 15) is 19.4 Å². The highest BCUT2D eigenvalue weighted by atomic mass is 35.5. The summed E-state index contributed by atoms with van der Waals surface area (Å²) in [6.45, 7) is 5.62. The highest BCUT2D eigenvalue weighted by Crippen LogP contribution is 2.59. The second-order valence-corrected chi connectivity index (χ2v) is 13.1. The fourth-order valence-corrected chi connectivity index (χ4v) is 6.79. The van der Waals surface area contributed by atoms with Crippen molar-refractivity contribution in [2.75, 3.05) is 13.1 Å². The Bertz CT molecular complexity index is 1460. The van der Waals surface area contributed by atoms with Crippen molar-refractivity contribution in [1.82, 2.24) is 15.3 Å². The predicted molar refractivity (Wildman–Crippen MR) is 152 cm³/mol. The number of carbonyl (C=O) groups excluding carboxylic acids is 2. The molecular formula is C30H31Cl2F5N4O3. The van der Waals surface area contributed by atoms with E-state index in [4.69, 9.17) is 23.2 Å². The van der Waals surface area contributed by atoms with E-state index in [0.29, 0.717) is 25.9 Å². The second-order valence-electron chi connectivity index (χ2n) is 12.3. The summed E-state index contributed by atoms with van der Waals surface area (Å²) >= 11 is 12.1. The number of hydrazine groups is 1. The Morgan fingerprint density at radius 1 is 1.11 bits per heavy atom. The minimum atomic E-state index is -4.89. The maximum absolute atomic E-state index is 16.2. The van der Waals surface area contributed by atoms with Crippen molar-refractivity contribution in [3.05, 3.63) is 69.2 Å². The number of halogens is 7. The first-order valence-corrected chi connectivity index (χ1v) is 14.7. The lowest BCUT2D eigenvalue weighted by Gasteiger charge is -2.40. The molecule has 1 amide bonds. The fourth-order valence-electron chi connectivity index (χ4n) is 6.45. The molecule has 2 aliphatic heterocycles. The number of hydrogen-bond donors (Lipinski definition) is 1. The number of likely N-dealkylation sites (tertiary alicyclic amines) is 1. The number of nitrogens with zero attached hydrogens (tertiary/aromatic N) is 3. The van der Waals surface area contributed by atoms with Crippen LogP contribution in [0.4, 0.5) is 22.1 Å². The maximum Gasteiger partial charge on any atom is 0.434 e. The van der Waals surface area contributed by atoms with Crippen molar-refractivity contribution >= 4 is 35.1 Å². The smallest absolute Gasteiger partial charge is 0.288 e. The summed E-state index contributed by atoms with van der Waals surface area (Å²) in [7, 11) is 0. The fraction of sp³-hybridized carbons (Fsp3) is 0.500. The van der Waals surface area contributed by atoms with E-state index in [0.717, 1.165) is 24.6 Å². The number of hydrogen-bond acceptors (Lipinski definition) is 6. The maximum atomic E-state index is 16.2. The quantitative estimate of drug-likeness (QED) is 0.259. The summed E-state index contributed by atoms with van der Waals surface area (Å²) in [4.78, 5) is 29.6. The van der Waals surface area contributed by atoms with Crippen LogP contribution in [0.3, 0.4) is 0 Å². The predicted octanol–water partition coefficient (Wildman–Crippen LogP) is 6.84. The largest absolute Gasteiger partial charge is 0.434 e. The van der Waals surface area contributed by atoms with Gasteiger partial charge in [-0.2, -0.15) is 14.0 Å². The van der Waals surface area contributed by atoms with E-state index in [-0.39, 0.29) is 16.3 Å². The molecule has 4 rings (SSSR count). The molecule has 2 heterocycles. The Balaban J connectivity index is 2.14. The number of nitriles is 1. The summed E-state index contributed by atoms with van der Waals surface area (Å²) in [6, 6.07) is -0.263. The van der Waals surface area contributed by atoms with Crippen LogP contribution in [-0.2, 0) is 19.9 Å². The van der Waals surface area contributed by atoms with E-state index in [1.165, 1.54) is 23.2 Å². The Kier molecular flexibility index (Phi) is 9.86. The minimum Gasteiger partial charge on any atom is -0.288 e. The van der Waals surface area contributed by atoms with Gasteiger partial charge in [-0.3, -0.25) is 10.2 Å². The van der Waals surface area contributed by atoms with E-state index in [1.807, 2.05) is 6.07 Å². The average molecular weight is 661 g/mol. The van der Waals surface area contributed by atoms with E-state index >= 15 is 17.6 Å². The van der Waals surface area contributed by atoms with Gasteiger partial charge in [0.15, 0.2) is 0 Å². The number of alkyl halides is 2. The third-order valence-electron chi connectivity index (χ3n) is 8.18. The molecule has 0 aliphatic carbocycles. The minimum absolute atomic E-state index is 0.0712. The molecule has 2 aliphatic rings. The number of amides is 1. The van der Waals surface area contributed by atoms with Gasteiger partial charge in [0, 0.05) is 40.2 Å². The summed E-state index contributed by atoms with van der Waals surface area (Å²) < 4.78 is 77.6. The van der Waals surface area contributed by atoms with Crippen LogP contribution in [0.15, 0.2) is 36.4 Å². The van der Waals surface area contributed by atoms with Crippen molar-refractivity contribution < 1.29 is 36.6 Å². The first-order valence-electron chi connectivity index (χ1n) is 14.0. The van der Waals surface area contributed by atoms with E-state index < -0.39 is 74.5 Å². The van der Waals surface area contributed by atoms with Crippen molar-refractivity contribution in [2.24, 2.45) is 5.41 Å². The van der Waals surface area contributed by atoms with Crippen LogP contribution < -0.4 is 5.43 Å². The van der Waals surface area contributed by atoms with Crippen molar-refractivity contribution in [3.63, 3.8) is 0 Å². The number of benzene rings is 2. The molecule has 0 spiro atoms. The molecule has 7 nitrogen and oxygen atoms in total. The molecule has 44 heavy (non-hydrogen) atoms. The molecule has 4 atom stereocenters. The zero-order valence-electron chi connectivity index (χ0n) is 24.2. The molecule has 2 fully saturated rings. The summed E-state index contributed by atoms with van der Waals surface area (Å²) in [6.07, 6.45) is 1.84. The second kappa shape index (κ2) is 12.8. The number of carbonyl (C=O) groups is 2. The monoisotopic (exact) mass is 660 g/mol. The van der Waals surface area contributed by atoms with Gasteiger partial charge < -0.3 is 0 Å². The van der Waals surface area contributed by atoms with Gasteiger partial charge in [-0.1, -0.05) is 68.6 Å². The van der Waals surface area contributed by atoms with Crippen molar-refractivity contribution in [2.45, 2.75) is 75.9 Å². The lowest BCUT2D eigenvalue weighted by molar-refractivity contribution is -0.244. The van der Waals surface area contributed by atoms with Crippen LogP contribution in [0.2, 0.25) is 10.0 Å². The first kappa shape index (κ1) is 33.9. The van der Waals surface area contributed by atoms with Gasteiger partial charge in [0.1, 0.15) is 23.1 Å². The van der Waals surface area contributed by atoms with Crippen LogP contribution in [0.1, 0.15) is 63.5 Å². The molecule has 0 bridgehead atoms. The molecular weight excluding hydrogens is 630 g/mol. The molecule has 0 unspecified atom stereocenters. The number of piperidine rings is 1. The van der Waals surface area contributed by atoms with Gasteiger partial charge in [-0.25, -0.2) is 28.4 Å². The average Bonchev–Trinajstić information content (AvgIpc) is 3.24. The zero-order valence-corrected chi connectivity index (χ0v) is 25.7. The normalized spacial score (nSPS) is 25.0. The van der Waals surface area contributed by atoms with Crippen molar-refractivity contribution in [3.8, 4) is 6.07 Å². The van der Waals surface area contributed by atoms with E-state index in [1.54, 1.807) is 20.8 Å². The Labute approximate surface area is 261 Å². The van der Waals surface area contributed by atoms with Gasteiger partial charge in [0.2, 0.25) is 0 Å². The van der Waals surface area contributed by atoms with Gasteiger partial charge in [0.25, 0.3) is 5.91 Å². The molecule has 0 radical (unpaired) electrons.